The van der Waals surface area contributed by atoms with Gasteiger partial charge in [-0.25, -0.2) is 14.0 Å². The minimum atomic E-state index is -0.750. The average molecular weight is 433 g/mol. The fourth-order valence-electron chi connectivity index (χ4n) is 3.91. The molecule has 1 fully saturated rings. The molecule has 3 rings (SSSR count). The summed E-state index contributed by atoms with van der Waals surface area (Å²) in [6, 6.07) is 4.44. The number of hydrogen-bond donors (Lipinski definition) is 2. The van der Waals surface area contributed by atoms with E-state index in [-0.39, 0.29) is 18.5 Å². The highest BCUT2D eigenvalue weighted by Gasteiger charge is 2.35. The van der Waals surface area contributed by atoms with E-state index >= 15 is 0 Å². The maximum Gasteiger partial charge on any atom is 0.338 e. The van der Waals surface area contributed by atoms with Crippen molar-refractivity contribution in [3.8, 4) is 0 Å². The second-order valence-corrected chi connectivity index (χ2v) is 7.50. The molecule has 0 saturated carbocycles. The molecular formula is C22H28FN3O5. The van der Waals surface area contributed by atoms with Crippen LogP contribution in [0.15, 0.2) is 35.5 Å². The molecule has 31 heavy (non-hydrogen) atoms. The Bertz CT molecular complexity index is 847. The maximum absolute atomic E-state index is 13.4. The highest BCUT2D eigenvalue weighted by atomic mass is 19.1. The van der Waals surface area contributed by atoms with Gasteiger partial charge in [-0.15, -0.1) is 0 Å². The van der Waals surface area contributed by atoms with Gasteiger partial charge < -0.3 is 20.1 Å². The van der Waals surface area contributed by atoms with Crippen LogP contribution in [-0.4, -0.2) is 55.7 Å². The van der Waals surface area contributed by atoms with Crippen LogP contribution in [-0.2, 0) is 19.1 Å². The van der Waals surface area contributed by atoms with Crippen molar-refractivity contribution in [1.29, 1.82) is 0 Å². The molecule has 9 heteroatoms. The molecule has 0 aromatic heterocycles. The maximum atomic E-state index is 13.4. The molecule has 8 nitrogen and oxygen atoms in total. The molecule has 1 saturated heterocycles. The average Bonchev–Trinajstić information content (AvgIpc) is 2.74. The van der Waals surface area contributed by atoms with Gasteiger partial charge in [-0.1, -0.05) is 12.1 Å². The lowest BCUT2D eigenvalue weighted by Gasteiger charge is -2.35. The third kappa shape index (κ3) is 5.61. The van der Waals surface area contributed by atoms with Gasteiger partial charge in [0.25, 0.3) is 0 Å². The van der Waals surface area contributed by atoms with E-state index in [2.05, 4.69) is 15.5 Å². The Morgan fingerprint density at radius 1 is 1.10 bits per heavy atom. The third-order valence-electron chi connectivity index (χ3n) is 5.44. The number of ether oxygens (including phenoxy) is 2. The SMILES string of the molecule is CCOC(=O)C1=C(CN2CCC(C(=O)OCC)CC2)NC(=O)N[C@@H]1c1ccc(F)cc1. The fourth-order valence-corrected chi connectivity index (χ4v) is 3.91. The second-order valence-electron chi connectivity index (χ2n) is 7.50. The number of amides is 2. The van der Waals surface area contributed by atoms with Crippen LogP contribution < -0.4 is 10.6 Å². The lowest BCUT2D eigenvalue weighted by atomic mass is 9.93. The molecule has 0 bridgehead atoms. The van der Waals surface area contributed by atoms with E-state index in [9.17, 15) is 18.8 Å². The molecule has 168 valence electrons. The standard InChI is InChI=1S/C22H28FN3O5/c1-3-30-20(27)15-9-11-26(12-10-15)13-17-18(21(28)31-4-2)19(25-22(29)24-17)14-5-7-16(23)8-6-14/h5-8,15,19H,3-4,9-13H2,1-2H3,(H2,24,25,29)/t19-/m1/s1. The van der Waals surface area contributed by atoms with Gasteiger partial charge in [0.2, 0.25) is 0 Å². The first-order valence-corrected chi connectivity index (χ1v) is 10.5. The van der Waals surface area contributed by atoms with E-state index in [1.54, 1.807) is 13.8 Å². The van der Waals surface area contributed by atoms with E-state index < -0.39 is 23.9 Å². The van der Waals surface area contributed by atoms with Crippen LogP contribution in [0.25, 0.3) is 0 Å². The lowest BCUT2D eigenvalue weighted by molar-refractivity contribution is -0.149. The molecular weight excluding hydrogens is 405 g/mol. The zero-order chi connectivity index (χ0) is 22.4. The number of urea groups is 1. The topological polar surface area (TPSA) is 97.0 Å². The summed E-state index contributed by atoms with van der Waals surface area (Å²) in [5, 5.41) is 5.47. The molecule has 1 atom stereocenters. The van der Waals surface area contributed by atoms with Crippen LogP contribution in [0.4, 0.5) is 9.18 Å². The number of benzene rings is 1. The number of hydrogen-bond acceptors (Lipinski definition) is 6. The molecule has 2 aliphatic heterocycles. The first kappa shape index (κ1) is 22.7. The Labute approximate surface area is 180 Å². The van der Waals surface area contributed by atoms with Crippen molar-refractivity contribution in [3.63, 3.8) is 0 Å². The van der Waals surface area contributed by atoms with Crippen molar-refractivity contribution in [3.05, 3.63) is 46.9 Å². The molecule has 1 aromatic carbocycles. The lowest BCUT2D eigenvalue weighted by Crippen LogP contribution is -2.49. The Balaban J connectivity index is 1.82. The van der Waals surface area contributed by atoms with Gasteiger partial charge in [-0.05, 0) is 57.5 Å². The Morgan fingerprint density at radius 3 is 2.35 bits per heavy atom. The Morgan fingerprint density at radius 2 is 1.74 bits per heavy atom. The molecule has 1 aromatic rings. The van der Waals surface area contributed by atoms with Crippen molar-refractivity contribution in [2.45, 2.75) is 32.7 Å². The highest BCUT2D eigenvalue weighted by Crippen LogP contribution is 2.29. The first-order chi connectivity index (χ1) is 14.9. The summed E-state index contributed by atoms with van der Waals surface area (Å²) in [7, 11) is 0. The van der Waals surface area contributed by atoms with E-state index in [1.165, 1.54) is 24.3 Å². The van der Waals surface area contributed by atoms with E-state index in [0.717, 1.165) is 0 Å². The Kier molecular flexibility index (Phi) is 7.62. The molecule has 2 aliphatic rings. The number of halogens is 1. The quantitative estimate of drug-likeness (QED) is 0.641. The van der Waals surface area contributed by atoms with Crippen LogP contribution in [0.2, 0.25) is 0 Å². The number of esters is 2. The number of nitrogens with zero attached hydrogens (tertiary/aromatic N) is 1. The van der Waals surface area contributed by atoms with Gasteiger partial charge in [0.1, 0.15) is 5.82 Å². The third-order valence-corrected chi connectivity index (χ3v) is 5.44. The molecule has 2 N–H and O–H groups in total. The van der Waals surface area contributed by atoms with E-state index in [4.69, 9.17) is 9.47 Å². The first-order valence-electron chi connectivity index (χ1n) is 10.5. The van der Waals surface area contributed by atoms with Crippen LogP contribution >= 0.6 is 0 Å². The molecule has 0 radical (unpaired) electrons. The van der Waals surface area contributed by atoms with Crippen molar-refractivity contribution >= 4 is 18.0 Å². The van der Waals surface area contributed by atoms with Gasteiger partial charge in [0.05, 0.1) is 30.7 Å². The number of carbonyl (C=O) groups is 3. The highest BCUT2D eigenvalue weighted by molar-refractivity contribution is 5.95. The van der Waals surface area contributed by atoms with Crippen LogP contribution in [0.1, 0.15) is 38.3 Å². The zero-order valence-corrected chi connectivity index (χ0v) is 17.8. The second kappa shape index (κ2) is 10.4. The van der Waals surface area contributed by atoms with Crippen molar-refractivity contribution in [2.75, 3.05) is 32.8 Å². The number of rotatable bonds is 7. The minimum Gasteiger partial charge on any atom is -0.466 e. The summed E-state index contributed by atoms with van der Waals surface area (Å²) in [5.41, 5.74) is 1.32. The fraction of sp³-hybridized carbons (Fsp3) is 0.500. The molecule has 0 unspecified atom stereocenters. The minimum absolute atomic E-state index is 0.135. The normalized spacial score (nSPS) is 20.1. The van der Waals surface area contributed by atoms with Crippen LogP contribution in [0, 0.1) is 11.7 Å². The van der Waals surface area contributed by atoms with Gasteiger partial charge in [0, 0.05) is 12.2 Å². The van der Waals surface area contributed by atoms with E-state index in [0.29, 0.717) is 55.9 Å². The van der Waals surface area contributed by atoms with Crippen molar-refractivity contribution in [2.24, 2.45) is 5.92 Å². The van der Waals surface area contributed by atoms with Gasteiger partial charge in [-0.3, -0.25) is 9.69 Å². The molecule has 0 aliphatic carbocycles. The zero-order valence-electron chi connectivity index (χ0n) is 17.8. The van der Waals surface area contributed by atoms with Crippen molar-refractivity contribution < 1.29 is 28.2 Å². The monoisotopic (exact) mass is 433 g/mol. The summed E-state index contributed by atoms with van der Waals surface area (Å²) in [5.74, 6) is -1.26. The number of likely N-dealkylation sites (tertiary alicyclic amines) is 1. The van der Waals surface area contributed by atoms with Gasteiger partial charge >= 0.3 is 18.0 Å². The molecule has 2 heterocycles. The number of nitrogens with one attached hydrogen (secondary N) is 2. The summed E-state index contributed by atoms with van der Waals surface area (Å²) < 4.78 is 23.7. The number of carbonyl (C=O) groups excluding carboxylic acids is 3. The smallest absolute Gasteiger partial charge is 0.338 e. The van der Waals surface area contributed by atoms with Gasteiger partial charge in [0.15, 0.2) is 0 Å². The Hall–Kier alpha value is -2.94. The summed E-state index contributed by atoms with van der Waals surface area (Å²) in [4.78, 5) is 39.2. The molecule has 0 spiro atoms. The summed E-state index contributed by atoms with van der Waals surface area (Å²) in [6.07, 6.45) is 1.29. The number of piperidine rings is 1. The van der Waals surface area contributed by atoms with Crippen molar-refractivity contribution in [1.82, 2.24) is 15.5 Å². The predicted molar refractivity (Wildman–Crippen MR) is 110 cm³/mol. The summed E-state index contributed by atoms with van der Waals surface area (Å²) >= 11 is 0. The molecule has 2 amide bonds. The van der Waals surface area contributed by atoms with E-state index in [1.807, 2.05) is 0 Å². The predicted octanol–water partition coefficient (Wildman–Crippen LogP) is 2.27. The summed E-state index contributed by atoms with van der Waals surface area (Å²) in [6.45, 7) is 5.63. The van der Waals surface area contributed by atoms with Gasteiger partial charge in [-0.2, -0.15) is 0 Å². The van der Waals surface area contributed by atoms with Crippen LogP contribution in [0.3, 0.4) is 0 Å². The largest absolute Gasteiger partial charge is 0.466 e. The van der Waals surface area contributed by atoms with Crippen LogP contribution in [0.5, 0.6) is 0 Å².